The fourth-order valence-corrected chi connectivity index (χ4v) is 1.80. The van der Waals surface area contributed by atoms with E-state index in [0.29, 0.717) is 6.42 Å². The summed E-state index contributed by atoms with van der Waals surface area (Å²) in [6.07, 6.45) is 5.62. The molecule has 0 unspecified atom stereocenters. The lowest BCUT2D eigenvalue weighted by molar-refractivity contribution is -0.140. The quantitative estimate of drug-likeness (QED) is 0.248. The molecular formula is C15H31N3O3. The Morgan fingerprint density at radius 1 is 1.05 bits per heavy atom. The van der Waals surface area contributed by atoms with E-state index in [1.54, 1.807) is 7.05 Å². The first-order valence-electron chi connectivity index (χ1n) is 7.83. The van der Waals surface area contributed by atoms with Gasteiger partial charge in [-0.2, -0.15) is 0 Å². The summed E-state index contributed by atoms with van der Waals surface area (Å²) in [5.74, 6) is 0.714. The van der Waals surface area contributed by atoms with E-state index in [1.807, 2.05) is 6.92 Å². The van der Waals surface area contributed by atoms with Crippen LogP contribution in [0, 0.1) is 0 Å². The second-order valence-electron chi connectivity index (χ2n) is 4.72. The number of aliphatic imine (C=N–C) groups is 1. The van der Waals surface area contributed by atoms with Crippen LogP contribution in [-0.4, -0.2) is 52.4 Å². The van der Waals surface area contributed by atoms with Crippen molar-refractivity contribution in [2.24, 2.45) is 4.99 Å². The van der Waals surface area contributed by atoms with Gasteiger partial charge in [0.2, 0.25) is 0 Å². The number of guanidine groups is 1. The number of hydrogen-bond acceptors (Lipinski definition) is 4. The van der Waals surface area contributed by atoms with Crippen molar-refractivity contribution < 1.29 is 14.3 Å². The Balaban J connectivity index is 3.41. The highest BCUT2D eigenvalue weighted by Gasteiger charge is 2.00. The maximum Gasteiger partial charge on any atom is 0.305 e. The molecular weight excluding hydrogens is 270 g/mol. The van der Waals surface area contributed by atoms with E-state index in [4.69, 9.17) is 4.74 Å². The van der Waals surface area contributed by atoms with Crippen molar-refractivity contribution in [1.82, 2.24) is 10.6 Å². The Morgan fingerprint density at radius 3 is 2.33 bits per heavy atom. The summed E-state index contributed by atoms with van der Waals surface area (Å²) in [7, 11) is 3.20. The largest absolute Gasteiger partial charge is 0.469 e. The molecule has 0 aromatic heterocycles. The van der Waals surface area contributed by atoms with Crippen molar-refractivity contribution in [3.8, 4) is 0 Å². The third kappa shape index (κ3) is 13.4. The maximum atomic E-state index is 10.9. The highest BCUT2D eigenvalue weighted by molar-refractivity contribution is 5.79. The first kappa shape index (κ1) is 19.7. The van der Waals surface area contributed by atoms with Crippen LogP contribution in [0.1, 0.15) is 45.4 Å². The Bertz CT molecular complexity index is 283. The number of nitrogens with zero attached hydrogens (tertiary/aromatic N) is 1. The number of carbonyl (C=O) groups excluding carboxylic acids is 1. The number of esters is 1. The third-order valence-corrected chi connectivity index (χ3v) is 3.01. The molecule has 0 saturated heterocycles. The number of unbranched alkanes of at least 4 members (excludes halogenated alkanes) is 3. The van der Waals surface area contributed by atoms with Crippen molar-refractivity contribution in [3.63, 3.8) is 0 Å². The van der Waals surface area contributed by atoms with E-state index in [-0.39, 0.29) is 5.97 Å². The molecule has 124 valence electrons. The van der Waals surface area contributed by atoms with Crippen molar-refractivity contribution in [3.05, 3.63) is 0 Å². The van der Waals surface area contributed by atoms with E-state index in [0.717, 1.165) is 64.4 Å². The van der Waals surface area contributed by atoms with Crippen LogP contribution in [0.15, 0.2) is 4.99 Å². The summed E-state index contributed by atoms with van der Waals surface area (Å²) >= 11 is 0. The van der Waals surface area contributed by atoms with Crippen LogP contribution in [0.3, 0.4) is 0 Å². The van der Waals surface area contributed by atoms with Crippen LogP contribution < -0.4 is 10.6 Å². The standard InChI is InChI=1S/C15H31N3O3/c1-4-21-13-9-12-18-15(16-2)17-11-8-6-5-7-10-14(19)20-3/h4-13H2,1-3H3,(H2,16,17,18). The van der Waals surface area contributed by atoms with Gasteiger partial charge in [-0.05, 0) is 26.2 Å². The highest BCUT2D eigenvalue weighted by Crippen LogP contribution is 2.03. The minimum atomic E-state index is -0.121. The molecule has 0 heterocycles. The van der Waals surface area contributed by atoms with Crippen molar-refractivity contribution in [2.45, 2.75) is 45.4 Å². The van der Waals surface area contributed by atoms with Gasteiger partial charge in [-0.1, -0.05) is 12.8 Å². The van der Waals surface area contributed by atoms with Crippen LogP contribution in [0.25, 0.3) is 0 Å². The fraction of sp³-hybridized carbons (Fsp3) is 0.867. The van der Waals surface area contributed by atoms with Gasteiger partial charge in [0.05, 0.1) is 7.11 Å². The molecule has 0 fully saturated rings. The van der Waals surface area contributed by atoms with E-state index in [9.17, 15) is 4.79 Å². The van der Waals surface area contributed by atoms with E-state index in [2.05, 4.69) is 20.4 Å². The Morgan fingerprint density at radius 2 is 1.71 bits per heavy atom. The highest BCUT2D eigenvalue weighted by atomic mass is 16.5. The molecule has 0 atom stereocenters. The van der Waals surface area contributed by atoms with Crippen LogP contribution >= 0.6 is 0 Å². The lowest BCUT2D eigenvalue weighted by atomic mass is 10.1. The number of rotatable bonds is 12. The first-order valence-corrected chi connectivity index (χ1v) is 7.83. The predicted octanol–water partition coefficient (Wildman–Crippen LogP) is 1.70. The Labute approximate surface area is 128 Å². The Kier molecular flexibility index (Phi) is 14.2. The molecule has 0 bridgehead atoms. The smallest absolute Gasteiger partial charge is 0.305 e. The van der Waals surface area contributed by atoms with E-state index >= 15 is 0 Å². The lowest BCUT2D eigenvalue weighted by Crippen LogP contribution is -2.38. The van der Waals surface area contributed by atoms with Gasteiger partial charge < -0.3 is 20.1 Å². The average Bonchev–Trinajstić information content (AvgIpc) is 2.51. The average molecular weight is 301 g/mol. The topological polar surface area (TPSA) is 72.0 Å². The molecule has 0 aromatic rings. The molecule has 0 radical (unpaired) electrons. The van der Waals surface area contributed by atoms with Crippen molar-refractivity contribution >= 4 is 11.9 Å². The minimum Gasteiger partial charge on any atom is -0.469 e. The van der Waals surface area contributed by atoms with Crippen LogP contribution in [0.5, 0.6) is 0 Å². The SMILES string of the molecule is CCOCCCNC(=NC)NCCCCCCC(=O)OC. The van der Waals surface area contributed by atoms with Crippen LogP contribution in [-0.2, 0) is 14.3 Å². The predicted molar refractivity (Wildman–Crippen MR) is 85.6 cm³/mol. The van der Waals surface area contributed by atoms with Gasteiger partial charge in [0.15, 0.2) is 5.96 Å². The van der Waals surface area contributed by atoms with Gasteiger partial charge in [0.1, 0.15) is 0 Å². The van der Waals surface area contributed by atoms with Crippen LogP contribution in [0.2, 0.25) is 0 Å². The van der Waals surface area contributed by atoms with Gasteiger partial charge in [0.25, 0.3) is 0 Å². The Hall–Kier alpha value is -1.30. The van der Waals surface area contributed by atoms with Gasteiger partial charge in [0, 0.05) is 39.8 Å². The minimum absolute atomic E-state index is 0.121. The molecule has 0 aromatic carbocycles. The summed E-state index contributed by atoms with van der Waals surface area (Å²) < 4.78 is 9.88. The van der Waals surface area contributed by atoms with Crippen LogP contribution in [0.4, 0.5) is 0 Å². The maximum absolute atomic E-state index is 10.9. The number of ether oxygens (including phenoxy) is 2. The molecule has 0 aliphatic heterocycles. The molecule has 6 nitrogen and oxygen atoms in total. The monoisotopic (exact) mass is 301 g/mol. The second-order valence-corrected chi connectivity index (χ2v) is 4.72. The fourth-order valence-electron chi connectivity index (χ4n) is 1.80. The zero-order valence-corrected chi connectivity index (χ0v) is 13.7. The molecule has 0 aliphatic carbocycles. The summed E-state index contributed by atoms with van der Waals surface area (Å²) in [5, 5.41) is 6.53. The van der Waals surface area contributed by atoms with Crippen molar-refractivity contribution in [2.75, 3.05) is 40.5 Å². The van der Waals surface area contributed by atoms with Gasteiger partial charge >= 0.3 is 5.97 Å². The summed E-state index contributed by atoms with van der Waals surface area (Å²) in [5.41, 5.74) is 0. The summed E-state index contributed by atoms with van der Waals surface area (Å²) in [6, 6.07) is 0. The van der Waals surface area contributed by atoms with Gasteiger partial charge in [-0.15, -0.1) is 0 Å². The number of carbonyl (C=O) groups is 1. The molecule has 0 rings (SSSR count). The molecule has 0 spiro atoms. The molecule has 2 N–H and O–H groups in total. The summed E-state index contributed by atoms with van der Waals surface area (Å²) in [6.45, 7) is 5.30. The normalized spacial score (nSPS) is 11.3. The first-order chi connectivity index (χ1) is 10.2. The zero-order chi connectivity index (χ0) is 15.8. The van der Waals surface area contributed by atoms with Gasteiger partial charge in [-0.25, -0.2) is 0 Å². The van der Waals surface area contributed by atoms with Crippen molar-refractivity contribution in [1.29, 1.82) is 0 Å². The van der Waals surface area contributed by atoms with Gasteiger partial charge in [-0.3, -0.25) is 9.79 Å². The number of methoxy groups -OCH3 is 1. The molecule has 21 heavy (non-hydrogen) atoms. The molecule has 0 saturated carbocycles. The van der Waals surface area contributed by atoms with E-state index in [1.165, 1.54) is 7.11 Å². The number of hydrogen-bond donors (Lipinski definition) is 2. The third-order valence-electron chi connectivity index (χ3n) is 3.01. The van der Waals surface area contributed by atoms with E-state index < -0.39 is 0 Å². The second kappa shape index (κ2) is 15.1. The zero-order valence-electron chi connectivity index (χ0n) is 13.7. The number of nitrogens with one attached hydrogen (secondary N) is 2. The molecule has 0 aliphatic rings. The lowest BCUT2D eigenvalue weighted by Gasteiger charge is -2.11. The molecule has 6 heteroatoms. The molecule has 0 amide bonds. The summed E-state index contributed by atoms with van der Waals surface area (Å²) in [4.78, 5) is 15.1.